The van der Waals surface area contributed by atoms with E-state index >= 15 is 0 Å². The summed E-state index contributed by atoms with van der Waals surface area (Å²) >= 11 is 0. The molecule has 0 bridgehead atoms. The van der Waals surface area contributed by atoms with Crippen LogP contribution in [0, 0.1) is 0 Å². The second-order valence-corrected chi connectivity index (χ2v) is 4.24. The number of pyridine rings is 1. The normalized spacial score (nSPS) is 11.1. The van der Waals surface area contributed by atoms with Crippen LogP contribution >= 0.6 is 0 Å². The van der Waals surface area contributed by atoms with E-state index in [4.69, 9.17) is 0 Å². The first-order valence-corrected chi connectivity index (χ1v) is 6.05. The molecule has 18 heavy (non-hydrogen) atoms. The highest BCUT2D eigenvalue weighted by molar-refractivity contribution is 5.92. The molecule has 0 aliphatic carbocycles. The number of benzene rings is 2. The van der Waals surface area contributed by atoms with Crippen molar-refractivity contribution in [3.05, 3.63) is 78.1 Å². The largest absolute Gasteiger partial charge is 0.218 e. The summed E-state index contributed by atoms with van der Waals surface area (Å²) in [6, 6.07) is 19.0. The Balaban J connectivity index is 2.03. The van der Waals surface area contributed by atoms with Gasteiger partial charge in [-0.25, -0.2) is 4.98 Å². The van der Waals surface area contributed by atoms with Gasteiger partial charge in [0.2, 0.25) is 0 Å². The molecule has 1 aromatic heterocycles. The summed E-state index contributed by atoms with van der Waals surface area (Å²) in [5.41, 5.74) is 2.45. The molecule has 0 saturated heterocycles. The molecular weight excluding hydrogens is 218 g/mol. The van der Waals surface area contributed by atoms with Crippen molar-refractivity contribution in [3.63, 3.8) is 0 Å². The Kier molecular flexibility index (Phi) is 2.89. The van der Waals surface area contributed by atoms with Crippen LogP contribution in [0.3, 0.4) is 0 Å². The second-order valence-electron chi connectivity index (χ2n) is 4.24. The lowest BCUT2D eigenvalue weighted by molar-refractivity contribution is -0.378. The van der Waals surface area contributed by atoms with Crippen molar-refractivity contribution in [1.29, 1.82) is 0 Å². The summed E-state index contributed by atoms with van der Waals surface area (Å²) in [5, 5.41) is 2.57. The predicted octanol–water partition coefficient (Wildman–Crippen LogP) is 3.82. The van der Waals surface area contributed by atoms with E-state index in [1.807, 2.05) is 12.4 Å². The van der Waals surface area contributed by atoms with E-state index in [0.717, 1.165) is 0 Å². The third-order valence-corrected chi connectivity index (χ3v) is 3.02. The molecule has 0 saturated carbocycles. The van der Waals surface area contributed by atoms with Crippen molar-refractivity contribution in [1.82, 2.24) is 0 Å². The van der Waals surface area contributed by atoms with E-state index < -0.39 is 0 Å². The Morgan fingerprint density at radius 1 is 0.722 bits per heavy atom. The number of hydrogen-bond acceptors (Lipinski definition) is 0. The molecule has 1 heteroatoms. The van der Waals surface area contributed by atoms with Crippen molar-refractivity contribution in [2.24, 2.45) is 0 Å². The molecule has 3 aromatic rings. The van der Waals surface area contributed by atoms with Gasteiger partial charge in [0.25, 0.3) is 0 Å². The molecule has 0 amide bonds. The van der Waals surface area contributed by atoms with E-state index in [1.165, 1.54) is 21.9 Å². The maximum absolute atomic E-state index is 3.03. The standard InChI is InChI=1S/C17H13N/c1-2-7-17-15(4-1)5-3-6-16(17)9-8-14-10-12-18-13-11-14/h1-13H/p+1/b9-8-. The highest BCUT2D eigenvalue weighted by atomic mass is 14.6. The van der Waals surface area contributed by atoms with Gasteiger partial charge in [0.1, 0.15) is 0 Å². The van der Waals surface area contributed by atoms with Gasteiger partial charge in [-0.15, -0.1) is 0 Å². The van der Waals surface area contributed by atoms with E-state index in [2.05, 4.69) is 71.7 Å². The van der Waals surface area contributed by atoms with E-state index in [9.17, 15) is 0 Å². The molecule has 3 rings (SSSR count). The fourth-order valence-electron chi connectivity index (χ4n) is 2.09. The minimum Gasteiger partial charge on any atom is -0.218 e. The van der Waals surface area contributed by atoms with Crippen LogP contribution in [0.5, 0.6) is 0 Å². The van der Waals surface area contributed by atoms with Gasteiger partial charge >= 0.3 is 0 Å². The molecule has 1 nitrogen and oxygen atoms in total. The Hall–Kier alpha value is -2.41. The summed E-state index contributed by atoms with van der Waals surface area (Å²) in [6.45, 7) is 0. The Morgan fingerprint density at radius 3 is 2.39 bits per heavy atom. The maximum Gasteiger partial charge on any atom is 0.167 e. The van der Waals surface area contributed by atoms with Gasteiger partial charge in [0, 0.05) is 12.1 Å². The third-order valence-electron chi connectivity index (χ3n) is 3.02. The SMILES string of the molecule is C(=C/c1cccc2ccccc12)/c1cc[nH+]cc1. The summed E-state index contributed by atoms with van der Waals surface area (Å²) in [4.78, 5) is 3.03. The zero-order chi connectivity index (χ0) is 12.2. The Labute approximate surface area is 106 Å². The van der Waals surface area contributed by atoms with Crippen molar-refractivity contribution in [3.8, 4) is 0 Å². The summed E-state index contributed by atoms with van der Waals surface area (Å²) in [7, 11) is 0. The molecule has 0 aliphatic heterocycles. The lowest BCUT2D eigenvalue weighted by atomic mass is 10.0. The first kappa shape index (κ1) is 10.7. The number of fused-ring (bicyclic) bond motifs is 1. The Morgan fingerprint density at radius 2 is 1.50 bits per heavy atom. The van der Waals surface area contributed by atoms with Gasteiger partial charge in [-0.1, -0.05) is 54.6 Å². The average molecular weight is 232 g/mol. The molecule has 0 atom stereocenters. The summed E-state index contributed by atoms with van der Waals surface area (Å²) in [6.07, 6.45) is 8.17. The van der Waals surface area contributed by atoms with Crippen molar-refractivity contribution in [2.75, 3.05) is 0 Å². The highest BCUT2D eigenvalue weighted by Crippen LogP contribution is 2.20. The number of aromatic nitrogens is 1. The van der Waals surface area contributed by atoms with Gasteiger partial charge in [-0.2, -0.15) is 0 Å². The smallest absolute Gasteiger partial charge is 0.167 e. The number of rotatable bonds is 2. The molecule has 1 N–H and O–H groups in total. The predicted molar refractivity (Wildman–Crippen MR) is 75.9 cm³/mol. The zero-order valence-corrected chi connectivity index (χ0v) is 10.0. The first-order valence-electron chi connectivity index (χ1n) is 6.05. The minimum atomic E-state index is 1.20. The average Bonchev–Trinajstić information content (AvgIpc) is 2.46. The maximum atomic E-state index is 3.03. The van der Waals surface area contributed by atoms with Gasteiger partial charge in [-0.3, -0.25) is 0 Å². The lowest BCUT2D eigenvalue weighted by Gasteiger charge is -2.01. The van der Waals surface area contributed by atoms with Crippen molar-refractivity contribution >= 4 is 22.9 Å². The fourth-order valence-corrected chi connectivity index (χ4v) is 2.09. The van der Waals surface area contributed by atoms with E-state index in [-0.39, 0.29) is 0 Å². The van der Waals surface area contributed by atoms with E-state index in [1.54, 1.807) is 0 Å². The summed E-state index contributed by atoms with van der Waals surface area (Å²) < 4.78 is 0. The van der Waals surface area contributed by atoms with E-state index in [0.29, 0.717) is 0 Å². The molecule has 86 valence electrons. The van der Waals surface area contributed by atoms with Crippen LogP contribution in [0.1, 0.15) is 11.1 Å². The quantitative estimate of drug-likeness (QED) is 0.637. The highest BCUT2D eigenvalue weighted by Gasteiger charge is 1.96. The van der Waals surface area contributed by atoms with Crippen LogP contribution < -0.4 is 4.98 Å². The fraction of sp³-hybridized carbons (Fsp3) is 0. The molecule has 0 spiro atoms. The van der Waals surface area contributed by atoms with Crippen LogP contribution in [-0.4, -0.2) is 0 Å². The Bertz CT molecular complexity index is 679. The van der Waals surface area contributed by atoms with Crippen molar-refractivity contribution < 1.29 is 4.98 Å². The summed E-state index contributed by atoms with van der Waals surface area (Å²) in [5.74, 6) is 0. The number of hydrogen-bond donors (Lipinski definition) is 0. The molecule has 0 radical (unpaired) electrons. The first-order chi connectivity index (χ1) is 8.93. The minimum absolute atomic E-state index is 1.20. The molecule has 0 unspecified atom stereocenters. The monoisotopic (exact) mass is 232 g/mol. The number of H-pyrrole nitrogens is 1. The van der Waals surface area contributed by atoms with Crippen LogP contribution in [0.15, 0.2) is 67.0 Å². The second kappa shape index (κ2) is 4.84. The molecular formula is C17H14N+. The number of aromatic amines is 1. The molecule has 1 heterocycles. The molecule has 2 aromatic carbocycles. The molecule has 0 aliphatic rings. The van der Waals surface area contributed by atoms with Crippen LogP contribution in [-0.2, 0) is 0 Å². The third kappa shape index (κ3) is 2.16. The van der Waals surface area contributed by atoms with Crippen LogP contribution in [0.2, 0.25) is 0 Å². The number of nitrogens with one attached hydrogen (secondary N) is 1. The van der Waals surface area contributed by atoms with Gasteiger partial charge in [0.15, 0.2) is 12.4 Å². The lowest BCUT2D eigenvalue weighted by Crippen LogP contribution is -1.96. The van der Waals surface area contributed by atoms with Gasteiger partial charge < -0.3 is 0 Å². The van der Waals surface area contributed by atoms with Crippen molar-refractivity contribution in [2.45, 2.75) is 0 Å². The van der Waals surface area contributed by atoms with Gasteiger partial charge in [-0.05, 0) is 21.9 Å². The van der Waals surface area contributed by atoms with Crippen LogP contribution in [0.4, 0.5) is 0 Å². The van der Waals surface area contributed by atoms with Gasteiger partial charge in [0.05, 0.1) is 0 Å². The zero-order valence-electron chi connectivity index (χ0n) is 10.0. The van der Waals surface area contributed by atoms with Crippen LogP contribution in [0.25, 0.3) is 22.9 Å². The topological polar surface area (TPSA) is 14.1 Å². The molecule has 0 fully saturated rings.